The summed E-state index contributed by atoms with van der Waals surface area (Å²) in [6.07, 6.45) is 2.05. The first kappa shape index (κ1) is 10.7. The largest absolute Gasteiger partial charge is 0.469 e. The molecule has 0 aromatic carbocycles. The highest BCUT2D eigenvalue weighted by atomic mass is 16.5. The lowest BCUT2D eigenvalue weighted by Crippen LogP contribution is -2.29. The van der Waals surface area contributed by atoms with Crippen LogP contribution in [0.25, 0.3) is 0 Å². The van der Waals surface area contributed by atoms with Gasteiger partial charge in [-0.25, -0.2) is 0 Å². The molecule has 1 unspecified atom stereocenters. The first-order chi connectivity index (χ1) is 7.72. The van der Waals surface area contributed by atoms with Crippen LogP contribution in [0.4, 0.5) is 0 Å². The molecule has 1 saturated heterocycles. The minimum absolute atomic E-state index is 0.200. The van der Waals surface area contributed by atoms with Crippen LogP contribution in [0, 0.1) is 5.92 Å². The third-order valence-electron chi connectivity index (χ3n) is 2.66. The summed E-state index contributed by atoms with van der Waals surface area (Å²) < 4.78 is 9.41. The topological polar surface area (TPSA) is 72.6 Å². The predicted octanol–water partition coefficient (Wildman–Crippen LogP) is 0.310. The van der Waals surface area contributed by atoms with Crippen LogP contribution in [0.5, 0.6) is 0 Å². The zero-order valence-corrected chi connectivity index (χ0v) is 8.88. The van der Waals surface area contributed by atoms with E-state index < -0.39 is 0 Å². The van der Waals surface area contributed by atoms with Crippen LogP contribution in [0.15, 0.2) is 16.8 Å². The number of ether oxygens (including phenoxy) is 1. The van der Waals surface area contributed by atoms with Gasteiger partial charge in [0.25, 0.3) is 5.91 Å². The fourth-order valence-electron chi connectivity index (χ4n) is 1.79. The van der Waals surface area contributed by atoms with E-state index in [1.54, 1.807) is 4.90 Å². The van der Waals surface area contributed by atoms with Crippen LogP contribution in [0.2, 0.25) is 0 Å². The van der Waals surface area contributed by atoms with Crippen LogP contribution in [0.1, 0.15) is 17.0 Å². The Morgan fingerprint density at radius 3 is 3.06 bits per heavy atom. The van der Waals surface area contributed by atoms with Crippen molar-refractivity contribution in [2.75, 3.05) is 20.2 Å². The number of esters is 1. The van der Waals surface area contributed by atoms with E-state index in [-0.39, 0.29) is 23.6 Å². The Hall–Kier alpha value is -1.85. The van der Waals surface area contributed by atoms with Crippen molar-refractivity contribution in [3.63, 3.8) is 0 Å². The van der Waals surface area contributed by atoms with Crippen LogP contribution in [-0.2, 0) is 9.53 Å². The van der Waals surface area contributed by atoms with Gasteiger partial charge in [-0.2, -0.15) is 0 Å². The van der Waals surface area contributed by atoms with Gasteiger partial charge >= 0.3 is 5.97 Å². The summed E-state index contributed by atoms with van der Waals surface area (Å²) in [6.45, 7) is 0.922. The molecule has 0 bridgehead atoms. The van der Waals surface area contributed by atoms with Gasteiger partial charge in [0.15, 0.2) is 0 Å². The molecule has 16 heavy (non-hydrogen) atoms. The maximum atomic E-state index is 11.8. The molecule has 0 aliphatic carbocycles. The summed E-state index contributed by atoms with van der Waals surface area (Å²) in [5, 5.41) is 3.47. The Balaban J connectivity index is 1.99. The molecule has 1 fully saturated rings. The maximum Gasteiger partial charge on any atom is 0.310 e. The van der Waals surface area contributed by atoms with Crippen molar-refractivity contribution in [3.8, 4) is 0 Å². The van der Waals surface area contributed by atoms with Crippen molar-refractivity contribution in [2.45, 2.75) is 6.42 Å². The van der Waals surface area contributed by atoms with Gasteiger partial charge in [0.1, 0.15) is 0 Å². The van der Waals surface area contributed by atoms with Crippen LogP contribution >= 0.6 is 0 Å². The third-order valence-corrected chi connectivity index (χ3v) is 2.66. The Bertz CT molecular complexity index is 388. The summed E-state index contributed by atoms with van der Waals surface area (Å²) in [6, 6.07) is 1.51. The predicted molar refractivity (Wildman–Crippen MR) is 52.5 cm³/mol. The number of aromatic nitrogens is 1. The minimum Gasteiger partial charge on any atom is -0.469 e. The van der Waals surface area contributed by atoms with E-state index in [1.165, 1.54) is 19.4 Å². The molecule has 6 nitrogen and oxygen atoms in total. The molecule has 0 spiro atoms. The molecular weight excluding hydrogens is 212 g/mol. The van der Waals surface area contributed by atoms with Crippen LogP contribution in [0.3, 0.4) is 0 Å². The fourth-order valence-corrected chi connectivity index (χ4v) is 1.79. The fraction of sp³-hybridized carbons (Fsp3) is 0.500. The smallest absolute Gasteiger partial charge is 0.310 e. The normalized spacial score (nSPS) is 19.8. The number of hydrogen-bond acceptors (Lipinski definition) is 5. The summed E-state index contributed by atoms with van der Waals surface area (Å²) >= 11 is 0. The Kier molecular flexibility index (Phi) is 2.89. The molecule has 6 heteroatoms. The van der Waals surface area contributed by atoms with Crippen molar-refractivity contribution >= 4 is 11.9 Å². The van der Waals surface area contributed by atoms with Crippen molar-refractivity contribution < 1.29 is 18.8 Å². The van der Waals surface area contributed by atoms with Gasteiger partial charge in [-0.3, -0.25) is 9.59 Å². The Morgan fingerprint density at radius 1 is 1.62 bits per heavy atom. The standard InChI is InChI=1S/C10H12N2O4/c1-15-10(14)7-3-5-12(6-7)9(13)8-2-4-11-16-8/h2,4,7H,3,5-6H2,1H3. The average Bonchev–Trinajstić information content (AvgIpc) is 2.97. The van der Waals surface area contributed by atoms with E-state index >= 15 is 0 Å². The highest BCUT2D eigenvalue weighted by molar-refractivity contribution is 5.92. The van der Waals surface area contributed by atoms with E-state index in [0.717, 1.165) is 0 Å². The molecule has 0 saturated carbocycles. The van der Waals surface area contributed by atoms with Crippen molar-refractivity contribution in [1.82, 2.24) is 10.1 Å². The number of methoxy groups -OCH3 is 1. The Labute approximate surface area is 92.1 Å². The lowest BCUT2D eigenvalue weighted by Gasteiger charge is -2.13. The minimum atomic E-state index is -0.270. The number of rotatable bonds is 2. The second-order valence-electron chi connectivity index (χ2n) is 3.64. The highest BCUT2D eigenvalue weighted by Gasteiger charge is 2.33. The van der Waals surface area contributed by atoms with Gasteiger partial charge in [0.2, 0.25) is 5.76 Å². The summed E-state index contributed by atoms with van der Waals surface area (Å²) in [5.41, 5.74) is 0. The van der Waals surface area contributed by atoms with Gasteiger partial charge in [0.05, 0.1) is 19.2 Å². The lowest BCUT2D eigenvalue weighted by molar-refractivity contribution is -0.144. The van der Waals surface area contributed by atoms with E-state index in [1.807, 2.05) is 0 Å². The molecule has 1 aliphatic rings. The molecule has 0 radical (unpaired) electrons. The SMILES string of the molecule is COC(=O)C1CCN(C(=O)c2ccno2)C1. The van der Waals surface area contributed by atoms with E-state index in [9.17, 15) is 9.59 Å². The van der Waals surface area contributed by atoms with Crippen molar-refractivity contribution in [2.24, 2.45) is 5.92 Å². The lowest BCUT2D eigenvalue weighted by atomic mass is 10.1. The van der Waals surface area contributed by atoms with E-state index in [0.29, 0.717) is 19.5 Å². The van der Waals surface area contributed by atoms with Gasteiger partial charge in [-0.15, -0.1) is 0 Å². The molecule has 1 aromatic heterocycles. The molecule has 2 heterocycles. The van der Waals surface area contributed by atoms with Crippen molar-refractivity contribution in [3.05, 3.63) is 18.0 Å². The molecule has 0 N–H and O–H groups in total. The first-order valence-electron chi connectivity index (χ1n) is 5.00. The molecule has 1 aromatic rings. The molecule has 86 valence electrons. The zero-order valence-electron chi connectivity index (χ0n) is 8.88. The van der Waals surface area contributed by atoms with Gasteiger partial charge in [-0.05, 0) is 6.42 Å². The van der Waals surface area contributed by atoms with Gasteiger partial charge in [-0.1, -0.05) is 5.16 Å². The van der Waals surface area contributed by atoms with E-state index in [2.05, 4.69) is 9.89 Å². The summed E-state index contributed by atoms with van der Waals surface area (Å²) in [5.74, 6) is -0.529. The zero-order chi connectivity index (χ0) is 11.5. The molecule has 1 amide bonds. The molecule has 1 aliphatic heterocycles. The van der Waals surface area contributed by atoms with Crippen LogP contribution in [-0.4, -0.2) is 42.1 Å². The van der Waals surface area contributed by atoms with Gasteiger partial charge in [0, 0.05) is 19.2 Å². The highest BCUT2D eigenvalue weighted by Crippen LogP contribution is 2.19. The van der Waals surface area contributed by atoms with Gasteiger partial charge < -0.3 is 14.2 Å². The summed E-state index contributed by atoms with van der Waals surface area (Å²) in [4.78, 5) is 24.6. The number of nitrogens with zero attached hydrogens (tertiary/aromatic N) is 2. The molecular formula is C10H12N2O4. The number of carbonyl (C=O) groups excluding carboxylic acids is 2. The number of likely N-dealkylation sites (tertiary alicyclic amines) is 1. The van der Waals surface area contributed by atoms with E-state index in [4.69, 9.17) is 4.52 Å². The molecule has 2 rings (SSSR count). The maximum absolute atomic E-state index is 11.8. The third kappa shape index (κ3) is 1.91. The monoisotopic (exact) mass is 224 g/mol. The quantitative estimate of drug-likeness (QED) is 0.676. The first-order valence-corrected chi connectivity index (χ1v) is 5.00. The van der Waals surface area contributed by atoms with Crippen LogP contribution < -0.4 is 0 Å². The second-order valence-corrected chi connectivity index (χ2v) is 3.64. The number of hydrogen-bond donors (Lipinski definition) is 0. The molecule has 1 atom stereocenters. The Morgan fingerprint density at radius 2 is 2.44 bits per heavy atom. The second kappa shape index (κ2) is 4.34. The number of amides is 1. The summed E-state index contributed by atoms with van der Waals surface area (Å²) in [7, 11) is 1.35. The average molecular weight is 224 g/mol. The van der Waals surface area contributed by atoms with Crippen molar-refractivity contribution in [1.29, 1.82) is 0 Å². The number of carbonyl (C=O) groups is 2.